The summed E-state index contributed by atoms with van der Waals surface area (Å²) in [7, 11) is 0. The van der Waals surface area contributed by atoms with Crippen molar-refractivity contribution >= 4 is 0 Å². The molecule has 1 aliphatic carbocycles. The van der Waals surface area contributed by atoms with Crippen LogP contribution in [-0.4, -0.2) is 0 Å². The largest absolute Gasteiger partial charge is 0.261 e. The van der Waals surface area contributed by atoms with Crippen LogP contribution < -0.4 is 5.32 Å². The van der Waals surface area contributed by atoms with Crippen LogP contribution in [0.4, 0.5) is 0 Å². The quantitative estimate of drug-likeness (QED) is 0.501. The van der Waals surface area contributed by atoms with E-state index in [9.17, 15) is 0 Å². The zero-order chi connectivity index (χ0) is 6.32. The standard InChI is InChI=1S/C8H10N/c1-8(4-5-8)7-3-2-6-9-7/h2-3,6H,4-5H2,1H3. The molecule has 0 bridgehead atoms. The Morgan fingerprint density at radius 1 is 1.56 bits per heavy atom. The predicted molar refractivity (Wildman–Crippen MR) is 36.7 cm³/mol. The molecule has 1 heterocycles. The van der Waals surface area contributed by atoms with Gasteiger partial charge in [-0.05, 0) is 25.0 Å². The van der Waals surface area contributed by atoms with Crippen molar-refractivity contribution in [3.05, 3.63) is 24.0 Å². The van der Waals surface area contributed by atoms with E-state index in [4.69, 9.17) is 0 Å². The minimum absolute atomic E-state index is 0.462. The van der Waals surface area contributed by atoms with Crippen LogP contribution >= 0.6 is 0 Å². The zero-order valence-corrected chi connectivity index (χ0v) is 5.59. The zero-order valence-electron chi connectivity index (χ0n) is 5.59. The van der Waals surface area contributed by atoms with Crippen LogP contribution in [0.3, 0.4) is 0 Å². The van der Waals surface area contributed by atoms with E-state index < -0.39 is 0 Å². The summed E-state index contributed by atoms with van der Waals surface area (Å²) in [5.74, 6) is 0. The van der Waals surface area contributed by atoms with Gasteiger partial charge in [-0.15, -0.1) is 0 Å². The summed E-state index contributed by atoms with van der Waals surface area (Å²) in [6.45, 7) is 2.27. The Kier molecular flexibility index (Phi) is 0.797. The third-order valence-corrected chi connectivity index (χ3v) is 2.17. The second kappa shape index (κ2) is 1.41. The Hall–Kier alpha value is -0.720. The summed E-state index contributed by atoms with van der Waals surface area (Å²) >= 11 is 0. The van der Waals surface area contributed by atoms with Gasteiger partial charge in [-0.2, -0.15) is 0 Å². The van der Waals surface area contributed by atoms with E-state index in [0.717, 1.165) is 0 Å². The lowest BCUT2D eigenvalue weighted by Gasteiger charge is -2.06. The topological polar surface area (TPSA) is 14.1 Å². The lowest BCUT2D eigenvalue weighted by atomic mass is 10.1. The van der Waals surface area contributed by atoms with Gasteiger partial charge in [0.15, 0.2) is 0 Å². The highest BCUT2D eigenvalue weighted by Crippen LogP contribution is 2.51. The Balaban J connectivity index is 2.16. The summed E-state index contributed by atoms with van der Waals surface area (Å²) in [6, 6.07) is 0. The van der Waals surface area contributed by atoms with Crippen molar-refractivity contribution in [3.63, 3.8) is 0 Å². The molecular weight excluding hydrogens is 110 g/mol. The molecule has 0 aromatic heterocycles. The highest BCUT2D eigenvalue weighted by Gasteiger charge is 2.41. The highest BCUT2D eigenvalue weighted by molar-refractivity contribution is 5.28. The summed E-state index contributed by atoms with van der Waals surface area (Å²) in [4.78, 5) is 0. The van der Waals surface area contributed by atoms with E-state index in [1.807, 2.05) is 12.3 Å². The van der Waals surface area contributed by atoms with E-state index in [2.05, 4.69) is 18.3 Å². The first-order valence-corrected chi connectivity index (χ1v) is 3.39. The van der Waals surface area contributed by atoms with Crippen molar-refractivity contribution < 1.29 is 0 Å². The van der Waals surface area contributed by atoms with E-state index in [1.165, 1.54) is 18.5 Å². The molecule has 0 aromatic rings. The van der Waals surface area contributed by atoms with Gasteiger partial charge in [0.2, 0.25) is 0 Å². The minimum atomic E-state index is 0.462. The smallest absolute Gasteiger partial charge is 0.0463 e. The van der Waals surface area contributed by atoms with Crippen LogP contribution in [0, 0.1) is 5.41 Å². The molecule has 0 spiro atoms. The maximum absolute atomic E-state index is 4.25. The van der Waals surface area contributed by atoms with Gasteiger partial charge in [-0.3, -0.25) is 5.32 Å². The third kappa shape index (κ3) is 0.680. The summed E-state index contributed by atoms with van der Waals surface area (Å²) in [5, 5.41) is 4.25. The van der Waals surface area contributed by atoms with E-state index in [1.54, 1.807) is 0 Å². The molecule has 2 rings (SSSR count). The maximum Gasteiger partial charge on any atom is 0.0463 e. The molecule has 0 N–H and O–H groups in total. The van der Waals surface area contributed by atoms with Crippen molar-refractivity contribution in [2.75, 3.05) is 0 Å². The fraction of sp³-hybridized carbons (Fsp3) is 0.500. The first kappa shape index (κ1) is 5.10. The lowest BCUT2D eigenvalue weighted by molar-refractivity contribution is 0.646. The molecule has 0 atom stereocenters. The predicted octanol–water partition coefficient (Wildman–Crippen LogP) is 1.80. The van der Waals surface area contributed by atoms with E-state index in [-0.39, 0.29) is 0 Å². The van der Waals surface area contributed by atoms with Crippen molar-refractivity contribution in [2.45, 2.75) is 19.8 Å². The van der Waals surface area contributed by atoms with Crippen molar-refractivity contribution in [3.8, 4) is 0 Å². The molecule has 0 aromatic carbocycles. The SMILES string of the molecule is CC1(C2=CC=C[N]2)CC1. The molecule has 0 unspecified atom stereocenters. The monoisotopic (exact) mass is 120 g/mol. The molecule has 0 saturated heterocycles. The van der Waals surface area contributed by atoms with Gasteiger partial charge in [0.05, 0.1) is 0 Å². The average Bonchev–Trinajstić information content (AvgIpc) is 2.46. The average molecular weight is 120 g/mol. The Labute approximate surface area is 55.5 Å². The molecule has 0 amide bonds. The minimum Gasteiger partial charge on any atom is -0.261 e. The third-order valence-electron chi connectivity index (χ3n) is 2.17. The van der Waals surface area contributed by atoms with Crippen LogP contribution in [-0.2, 0) is 0 Å². The molecule has 1 fully saturated rings. The lowest BCUT2D eigenvalue weighted by Crippen LogP contribution is -2.04. The number of hydrogen-bond acceptors (Lipinski definition) is 0. The summed E-state index contributed by atoms with van der Waals surface area (Å²) in [6.07, 6.45) is 8.65. The van der Waals surface area contributed by atoms with Crippen LogP contribution in [0.25, 0.3) is 0 Å². The fourth-order valence-electron chi connectivity index (χ4n) is 1.10. The Morgan fingerprint density at radius 3 is 2.78 bits per heavy atom. The first-order valence-electron chi connectivity index (χ1n) is 3.39. The number of nitrogens with zero attached hydrogens (tertiary/aromatic N) is 1. The number of allylic oxidation sites excluding steroid dienone is 3. The normalized spacial score (nSPS) is 27.4. The summed E-state index contributed by atoms with van der Waals surface area (Å²) < 4.78 is 0. The molecule has 2 aliphatic rings. The van der Waals surface area contributed by atoms with Crippen molar-refractivity contribution in [2.24, 2.45) is 5.41 Å². The van der Waals surface area contributed by atoms with E-state index in [0.29, 0.717) is 5.41 Å². The van der Waals surface area contributed by atoms with Gasteiger partial charge in [0.1, 0.15) is 0 Å². The first-order chi connectivity index (χ1) is 4.31. The molecule has 9 heavy (non-hydrogen) atoms. The van der Waals surface area contributed by atoms with Crippen LogP contribution in [0.2, 0.25) is 0 Å². The van der Waals surface area contributed by atoms with E-state index >= 15 is 0 Å². The van der Waals surface area contributed by atoms with Crippen molar-refractivity contribution in [1.82, 2.24) is 5.32 Å². The molecule has 1 heteroatoms. The highest BCUT2D eigenvalue weighted by atomic mass is 14.9. The van der Waals surface area contributed by atoms with Gasteiger partial charge in [0.25, 0.3) is 0 Å². The van der Waals surface area contributed by atoms with Crippen LogP contribution in [0.15, 0.2) is 24.0 Å². The maximum atomic E-state index is 4.25. The van der Waals surface area contributed by atoms with Gasteiger partial charge in [-0.25, -0.2) is 0 Å². The van der Waals surface area contributed by atoms with Gasteiger partial charge in [-0.1, -0.05) is 6.92 Å². The number of rotatable bonds is 1. The molecular formula is C8H10N. The summed E-state index contributed by atoms with van der Waals surface area (Å²) in [5.41, 5.74) is 1.74. The Bertz CT molecular complexity index is 185. The molecule has 1 nitrogen and oxygen atoms in total. The molecule has 1 aliphatic heterocycles. The molecule has 47 valence electrons. The van der Waals surface area contributed by atoms with Crippen LogP contribution in [0.1, 0.15) is 19.8 Å². The van der Waals surface area contributed by atoms with Gasteiger partial charge >= 0.3 is 0 Å². The second-order valence-electron chi connectivity index (χ2n) is 3.08. The van der Waals surface area contributed by atoms with Crippen molar-refractivity contribution in [1.29, 1.82) is 0 Å². The Morgan fingerprint density at radius 2 is 2.33 bits per heavy atom. The van der Waals surface area contributed by atoms with Gasteiger partial charge < -0.3 is 0 Å². The van der Waals surface area contributed by atoms with Crippen LogP contribution in [0.5, 0.6) is 0 Å². The van der Waals surface area contributed by atoms with Gasteiger partial charge in [0, 0.05) is 17.3 Å². The number of hydrogen-bond donors (Lipinski definition) is 0. The fourth-order valence-corrected chi connectivity index (χ4v) is 1.10. The second-order valence-corrected chi connectivity index (χ2v) is 3.08. The molecule has 1 saturated carbocycles. The molecule has 1 radical (unpaired) electrons.